The first-order chi connectivity index (χ1) is 16.3. The van der Waals surface area contributed by atoms with Gasteiger partial charge in [-0.2, -0.15) is 5.21 Å². The Kier molecular flexibility index (Phi) is 6.32. The molecule has 4 rings (SSSR count). The Morgan fingerprint density at radius 2 is 1.97 bits per heavy atom. The number of aromatic amines is 2. The van der Waals surface area contributed by atoms with E-state index in [1.807, 2.05) is 0 Å². The minimum Gasteiger partial charge on any atom is -0.493 e. The van der Waals surface area contributed by atoms with Crippen LogP contribution in [0.2, 0.25) is 0 Å². The second-order valence-corrected chi connectivity index (χ2v) is 9.25. The Labute approximate surface area is 195 Å². The van der Waals surface area contributed by atoms with Crippen LogP contribution < -0.4 is 15.0 Å². The molecule has 0 spiro atoms. The normalized spacial score (nSPS) is 11.9. The first kappa shape index (κ1) is 23.4. The van der Waals surface area contributed by atoms with E-state index in [4.69, 9.17) is 4.74 Å². The lowest BCUT2D eigenvalue weighted by molar-refractivity contribution is 0.341. The molecule has 0 bridgehead atoms. The van der Waals surface area contributed by atoms with Crippen LogP contribution in [-0.2, 0) is 10.0 Å². The smallest absolute Gasteiger partial charge is 0.277 e. The van der Waals surface area contributed by atoms with Gasteiger partial charge in [0, 0.05) is 5.92 Å². The van der Waals surface area contributed by atoms with Gasteiger partial charge in [0.25, 0.3) is 21.5 Å². The fourth-order valence-corrected chi connectivity index (χ4v) is 4.72. The van der Waals surface area contributed by atoms with E-state index in [-0.39, 0.29) is 28.1 Å². The summed E-state index contributed by atoms with van der Waals surface area (Å²) >= 11 is 0. The number of aryl methyl sites for hydroxylation is 1. The molecule has 0 aliphatic rings. The number of benzene rings is 1. The number of ether oxygens (including phenoxy) is 1. The highest BCUT2D eigenvalue weighted by molar-refractivity contribution is 7.92. The summed E-state index contributed by atoms with van der Waals surface area (Å²) in [5.74, 6) is 1.12. The number of aromatic nitrogens is 8. The molecule has 0 amide bonds. The van der Waals surface area contributed by atoms with Crippen LogP contribution in [0.1, 0.15) is 51.0 Å². The summed E-state index contributed by atoms with van der Waals surface area (Å²) < 4.78 is 35.2. The topological polar surface area (TPSA) is 173 Å². The van der Waals surface area contributed by atoms with Gasteiger partial charge >= 0.3 is 0 Å². The molecular weight excluding hydrogens is 462 g/mol. The van der Waals surface area contributed by atoms with E-state index < -0.39 is 10.0 Å². The van der Waals surface area contributed by atoms with Gasteiger partial charge in [0.2, 0.25) is 0 Å². The van der Waals surface area contributed by atoms with E-state index in [1.165, 1.54) is 18.2 Å². The van der Waals surface area contributed by atoms with E-state index >= 15 is 0 Å². The molecule has 0 aliphatic heterocycles. The van der Waals surface area contributed by atoms with E-state index in [2.05, 4.69) is 54.3 Å². The van der Waals surface area contributed by atoms with Crippen molar-refractivity contribution in [1.82, 2.24) is 40.2 Å². The average Bonchev–Trinajstić information content (AvgIpc) is 3.42. The second-order valence-electron chi connectivity index (χ2n) is 7.56. The van der Waals surface area contributed by atoms with Gasteiger partial charge in [-0.15, -0.1) is 10.2 Å². The van der Waals surface area contributed by atoms with Crippen LogP contribution in [0.25, 0.3) is 16.9 Å². The zero-order valence-electron chi connectivity index (χ0n) is 19.2. The predicted octanol–water partition coefficient (Wildman–Crippen LogP) is 2.01. The lowest BCUT2D eigenvalue weighted by Crippen LogP contribution is -2.17. The molecular formula is C20H25N9O4S. The molecule has 1 aromatic carbocycles. The SMILES string of the molecule is CCOc1ccc(S(=O)(=O)Nc2nn[nH]n2)cc1-c1nn2c(C(CC)CC)nc(C)c2c(=O)[nH]1. The molecule has 13 nitrogen and oxygen atoms in total. The standard InChI is InChI=1S/C20H25N9O4S/c1-5-12(6-2)18-21-11(4)16-19(30)22-17(25-29(16)18)14-10-13(8-9-15(14)33-7-3)34(31,32)26-20-23-27-28-24-20/h8-10,12H,5-7H2,1-4H3,(H,22,25,30)(H2,23,24,26,27,28). The Hall–Kier alpha value is -3.81. The average molecular weight is 488 g/mol. The molecule has 3 N–H and O–H groups in total. The summed E-state index contributed by atoms with van der Waals surface area (Å²) in [5, 5.41) is 17.4. The number of fused-ring (bicyclic) bond motifs is 1. The quantitative estimate of drug-likeness (QED) is 0.319. The molecule has 180 valence electrons. The van der Waals surface area contributed by atoms with Gasteiger partial charge < -0.3 is 9.72 Å². The van der Waals surface area contributed by atoms with Gasteiger partial charge in [-0.25, -0.2) is 22.6 Å². The van der Waals surface area contributed by atoms with Crippen LogP contribution in [0.5, 0.6) is 5.75 Å². The van der Waals surface area contributed by atoms with Gasteiger partial charge in [-0.1, -0.05) is 18.9 Å². The number of sulfonamides is 1. The number of H-pyrrole nitrogens is 2. The summed E-state index contributed by atoms with van der Waals surface area (Å²) in [4.78, 5) is 20.3. The number of nitrogens with zero attached hydrogens (tertiary/aromatic N) is 6. The fraction of sp³-hybridized carbons (Fsp3) is 0.400. The first-order valence-electron chi connectivity index (χ1n) is 10.8. The molecule has 0 saturated carbocycles. The van der Waals surface area contributed by atoms with Crippen LogP contribution in [0.15, 0.2) is 27.9 Å². The minimum atomic E-state index is -4.05. The fourth-order valence-electron chi connectivity index (χ4n) is 3.76. The van der Waals surface area contributed by atoms with Gasteiger partial charge in [0.15, 0.2) is 11.3 Å². The Morgan fingerprint density at radius 3 is 2.62 bits per heavy atom. The number of anilines is 1. The Balaban J connectivity index is 1.90. The monoisotopic (exact) mass is 487 g/mol. The summed E-state index contributed by atoms with van der Waals surface area (Å²) in [6.45, 7) is 8.00. The molecule has 0 fully saturated rings. The van der Waals surface area contributed by atoms with Crippen molar-refractivity contribution >= 4 is 21.5 Å². The Morgan fingerprint density at radius 1 is 1.21 bits per heavy atom. The molecule has 4 aromatic rings. The van der Waals surface area contributed by atoms with E-state index in [1.54, 1.807) is 18.4 Å². The number of hydrogen-bond acceptors (Lipinski definition) is 9. The number of tetrazole rings is 1. The Bertz CT molecular complexity index is 1470. The second kappa shape index (κ2) is 9.21. The highest BCUT2D eigenvalue weighted by Gasteiger charge is 2.23. The highest BCUT2D eigenvalue weighted by Crippen LogP contribution is 2.31. The maximum absolute atomic E-state index is 13.0. The molecule has 14 heteroatoms. The van der Waals surface area contributed by atoms with Crippen molar-refractivity contribution < 1.29 is 13.2 Å². The first-order valence-corrected chi connectivity index (χ1v) is 12.3. The van der Waals surface area contributed by atoms with Crippen molar-refractivity contribution in [2.75, 3.05) is 11.3 Å². The molecule has 0 saturated heterocycles. The number of imidazole rings is 1. The van der Waals surface area contributed by atoms with E-state index in [9.17, 15) is 13.2 Å². The minimum absolute atomic E-state index is 0.0967. The van der Waals surface area contributed by atoms with Crippen molar-refractivity contribution in [2.45, 2.75) is 51.3 Å². The lowest BCUT2D eigenvalue weighted by Gasteiger charge is -2.14. The number of nitrogens with one attached hydrogen (secondary N) is 3. The van der Waals surface area contributed by atoms with E-state index in [0.717, 1.165) is 12.8 Å². The largest absolute Gasteiger partial charge is 0.493 e. The zero-order chi connectivity index (χ0) is 24.5. The maximum Gasteiger partial charge on any atom is 0.277 e. The van der Waals surface area contributed by atoms with Crippen LogP contribution in [-0.4, -0.2) is 55.2 Å². The van der Waals surface area contributed by atoms with Crippen LogP contribution in [0.4, 0.5) is 5.95 Å². The van der Waals surface area contributed by atoms with Gasteiger partial charge in [-0.3, -0.25) is 4.79 Å². The van der Waals surface area contributed by atoms with Crippen molar-refractivity contribution in [3.8, 4) is 17.1 Å². The molecule has 0 radical (unpaired) electrons. The molecule has 0 aliphatic carbocycles. The lowest BCUT2D eigenvalue weighted by atomic mass is 10.0. The van der Waals surface area contributed by atoms with Crippen LogP contribution in [0.3, 0.4) is 0 Å². The molecule has 3 heterocycles. The summed E-state index contributed by atoms with van der Waals surface area (Å²) in [6.07, 6.45) is 1.66. The molecule has 0 atom stereocenters. The van der Waals surface area contributed by atoms with Crippen molar-refractivity contribution in [3.05, 3.63) is 40.1 Å². The van der Waals surface area contributed by atoms with Gasteiger partial charge in [-0.05, 0) is 50.1 Å². The van der Waals surface area contributed by atoms with Gasteiger partial charge in [0.1, 0.15) is 11.6 Å². The summed E-state index contributed by atoms with van der Waals surface area (Å²) in [7, 11) is -4.05. The van der Waals surface area contributed by atoms with Crippen LogP contribution >= 0.6 is 0 Å². The third kappa shape index (κ3) is 4.23. The number of hydrogen-bond donors (Lipinski definition) is 3. The maximum atomic E-state index is 13.0. The van der Waals surface area contributed by atoms with Crippen molar-refractivity contribution in [3.63, 3.8) is 0 Å². The van der Waals surface area contributed by atoms with Gasteiger partial charge in [0.05, 0.1) is 22.8 Å². The highest BCUT2D eigenvalue weighted by atomic mass is 32.2. The number of rotatable bonds is 9. The molecule has 34 heavy (non-hydrogen) atoms. The van der Waals surface area contributed by atoms with Crippen molar-refractivity contribution in [2.24, 2.45) is 0 Å². The zero-order valence-corrected chi connectivity index (χ0v) is 20.0. The third-order valence-electron chi connectivity index (χ3n) is 5.44. The van der Waals surface area contributed by atoms with Crippen molar-refractivity contribution in [1.29, 1.82) is 0 Å². The predicted molar refractivity (Wildman–Crippen MR) is 123 cm³/mol. The molecule has 3 aromatic heterocycles. The third-order valence-corrected chi connectivity index (χ3v) is 6.76. The summed E-state index contributed by atoms with van der Waals surface area (Å²) in [6, 6.07) is 4.26. The molecule has 0 unspecified atom stereocenters. The van der Waals surface area contributed by atoms with E-state index in [0.29, 0.717) is 35.0 Å². The summed E-state index contributed by atoms with van der Waals surface area (Å²) in [5.41, 5.74) is 0.852. The van der Waals surface area contributed by atoms with Crippen LogP contribution in [0, 0.1) is 6.92 Å².